The lowest BCUT2D eigenvalue weighted by Crippen LogP contribution is -2.55. The SMILES string of the molecule is N#CC[C@H]1CN(c2nc(OC[C@@]34CCCN3CC(F)C4)nc3c(F)c(N4CCOc5cccc(F)c54)ncc23)CCN1C(=O)/C(F)=C/c1nccs1. The molecule has 4 aliphatic heterocycles. The minimum Gasteiger partial charge on any atom is -0.489 e. The average molecular weight is 736 g/mol. The van der Waals surface area contributed by atoms with Crippen LogP contribution in [0.2, 0.25) is 0 Å². The molecule has 3 fully saturated rings. The van der Waals surface area contributed by atoms with Gasteiger partial charge >= 0.3 is 6.01 Å². The molecule has 3 aromatic heterocycles. The van der Waals surface area contributed by atoms with Gasteiger partial charge in [-0.05, 0) is 31.5 Å². The number of piperazine rings is 1. The number of alkyl halides is 1. The maximum atomic E-state index is 16.8. The van der Waals surface area contributed by atoms with Crippen molar-refractivity contribution >= 4 is 51.5 Å². The van der Waals surface area contributed by atoms with Crippen molar-refractivity contribution in [2.24, 2.45) is 0 Å². The zero-order valence-electron chi connectivity index (χ0n) is 27.9. The quantitative estimate of drug-likeness (QED) is 0.176. The van der Waals surface area contributed by atoms with Crippen LogP contribution >= 0.6 is 11.3 Å². The van der Waals surface area contributed by atoms with Gasteiger partial charge in [-0.3, -0.25) is 9.69 Å². The lowest BCUT2D eigenvalue weighted by Gasteiger charge is -2.41. The van der Waals surface area contributed by atoms with Gasteiger partial charge in [0.05, 0.1) is 36.0 Å². The Balaban J connectivity index is 1.16. The standard InChI is InChI=1S/C35H33F4N9O3S/c36-21-16-35(6-2-9-46(35)18-21)20-51-34-43-29-23(17-42-32(28(29)39)48-12-13-50-26-4-1-3-24(37)30(26)48)31(44-34)45-10-11-47(22(19-45)5-7-40)33(49)25(38)15-27-41-8-14-52-27/h1,3-4,8,14-15,17,21-22H,2,5-6,9-13,16,18-20H2/b25-15-/t21?,22-,35-/m0/s1. The second kappa shape index (κ2) is 13.8. The molecule has 0 radical (unpaired) electrons. The second-order valence-electron chi connectivity index (χ2n) is 13.3. The van der Waals surface area contributed by atoms with Gasteiger partial charge < -0.3 is 24.2 Å². The zero-order valence-corrected chi connectivity index (χ0v) is 28.7. The molecule has 8 rings (SSSR count). The highest BCUT2D eigenvalue weighted by molar-refractivity contribution is 7.10. The molecule has 7 heterocycles. The van der Waals surface area contributed by atoms with Crippen LogP contribution in [0.4, 0.5) is 34.9 Å². The van der Waals surface area contributed by atoms with E-state index in [1.54, 1.807) is 16.3 Å². The molecule has 4 aromatic rings. The summed E-state index contributed by atoms with van der Waals surface area (Å²) in [4.78, 5) is 37.4. The largest absolute Gasteiger partial charge is 0.489 e. The molecule has 0 saturated carbocycles. The monoisotopic (exact) mass is 735 g/mol. The van der Waals surface area contributed by atoms with Crippen molar-refractivity contribution in [2.45, 2.75) is 43.4 Å². The van der Waals surface area contributed by atoms with Crippen LogP contribution in [-0.2, 0) is 4.79 Å². The fourth-order valence-electron chi connectivity index (χ4n) is 7.81. The number of anilines is 3. The van der Waals surface area contributed by atoms with Crippen molar-refractivity contribution in [2.75, 3.05) is 62.3 Å². The number of hydrogen-bond acceptors (Lipinski definition) is 12. The van der Waals surface area contributed by atoms with Crippen LogP contribution in [-0.4, -0.2) is 106 Å². The van der Waals surface area contributed by atoms with E-state index in [-0.39, 0.29) is 85.8 Å². The smallest absolute Gasteiger partial charge is 0.319 e. The number of amides is 1. The topological polar surface area (TPSA) is 124 Å². The van der Waals surface area contributed by atoms with Gasteiger partial charge in [0.2, 0.25) is 0 Å². The van der Waals surface area contributed by atoms with Gasteiger partial charge in [-0.1, -0.05) is 6.07 Å². The summed E-state index contributed by atoms with van der Waals surface area (Å²) < 4.78 is 73.4. The van der Waals surface area contributed by atoms with E-state index < -0.39 is 41.1 Å². The Bertz CT molecular complexity index is 2080. The normalized spacial score (nSPS) is 23.4. The summed E-state index contributed by atoms with van der Waals surface area (Å²) in [5.41, 5.74) is -0.628. The van der Waals surface area contributed by atoms with Gasteiger partial charge in [0.1, 0.15) is 47.2 Å². The first-order valence-electron chi connectivity index (χ1n) is 17.0. The number of halogens is 4. The predicted molar refractivity (Wildman–Crippen MR) is 184 cm³/mol. The van der Waals surface area contributed by atoms with Crippen LogP contribution in [0.5, 0.6) is 11.8 Å². The number of benzene rings is 1. The first-order valence-corrected chi connectivity index (χ1v) is 17.9. The Morgan fingerprint density at radius 2 is 2.04 bits per heavy atom. The van der Waals surface area contributed by atoms with Crippen molar-refractivity contribution in [3.63, 3.8) is 0 Å². The number of aromatic nitrogens is 4. The summed E-state index contributed by atoms with van der Waals surface area (Å²) in [6.45, 7) is 1.67. The number of nitriles is 1. The number of carbonyl (C=O) groups is 1. The highest BCUT2D eigenvalue weighted by atomic mass is 32.1. The number of thiazole rings is 1. The lowest BCUT2D eigenvalue weighted by molar-refractivity contribution is -0.131. The molecule has 4 aliphatic rings. The first kappa shape index (κ1) is 34.0. The Hall–Kier alpha value is -5.08. The van der Waals surface area contributed by atoms with E-state index in [0.29, 0.717) is 18.0 Å². The highest BCUT2D eigenvalue weighted by Gasteiger charge is 2.49. The third kappa shape index (κ3) is 6.13. The van der Waals surface area contributed by atoms with Crippen LogP contribution in [0.15, 0.2) is 41.8 Å². The van der Waals surface area contributed by atoms with E-state index >= 15 is 13.2 Å². The molecule has 1 amide bonds. The van der Waals surface area contributed by atoms with Crippen LogP contribution in [0.1, 0.15) is 30.7 Å². The molecule has 52 heavy (non-hydrogen) atoms. The van der Waals surface area contributed by atoms with Gasteiger partial charge in [0.25, 0.3) is 5.91 Å². The predicted octanol–water partition coefficient (Wildman–Crippen LogP) is 5.19. The van der Waals surface area contributed by atoms with E-state index in [4.69, 9.17) is 14.5 Å². The zero-order chi connectivity index (χ0) is 36.0. The number of rotatable bonds is 8. The van der Waals surface area contributed by atoms with E-state index in [1.165, 1.54) is 45.7 Å². The summed E-state index contributed by atoms with van der Waals surface area (Å²) in [6.07, 6.45) is 4.80. The number of ether oxygens (including phenoxy) is 2. The Labute approximate surface area is 299 Å². The fourth-order valence-corrected chi connectivity index (χ4v) is 8.36. The molecule has 1 aromatic carbocycles. The van der Waals surface area contributed by atoms with Crippen LogP contribution in [0.25, 0.3) is 17.0 Å². The van der Waals surface area contributed by atoms with E-state index in [9.17, 15) is 14.4 Å². The van der Waals surface area contributed by atoms with Gasteiger partial charge in [-0.25, -0.2) is 27.5 Å². The molecule has 0 bridgehead atoms. The Morgan fingerprint density at radius 1 is 1.15 bits per heavy atom. The summed E-state index contributed by atoms with van der Waals surface area (Å²) in [5, 5.41) is 11.9. The molecule has 12 nitrogen and oxygen atoms in total. The number of nitrogens with zero attached hydrogens (tertiary/aromatic N) is 9. The minimum absolute atomic E-state index is 0.0276. The number of para-hydroxylation sites is 1. The Morgan fingerprint density at radius 3 is 2.87 bits per heavy atom. The molecule has 0 aliphatic carbocycles. The molecule has 17 heteroatoms. The third-order valence-electron chi connectivity index (χ3n) is 10.2. The molecule has 0 spiro atoms. The van der Waals surface area contributed by atoms with Crippen molar-refractivity contribution < 1.29 is 31.8 Å². The molecule has 3 saturated heterocycles. The first-order chi connectivity index (χ1) is 25.2. The number of hydrogen-bond donors (Lipinski definition) is 0. The van der Waals surface area contributed by atoms with Crippen molar-refractivity contribution in [1.29, 1.82) is 5.26 Å². The average Bonchev–Trinajstić information content (AvgIpc) is 3.87. The molecule has 0 N–H and O–H groups in total. The van der Waals surface area contributed by atoms with Gasteiger partial charge in [-0.2, -0.15) is 15.2 Å². The minimum atomic E-state index is -1.00. The van der Waals surface area contributed by atoms with Crippen molar-refractivity contribution in [3.05, 3.63) is 58.4 Å². The van der Waals surface area contributed by atoms with Gasteiger partial charge in [0.15, 0.2) is 23.3 Å². The van der Waals surface area contributed by atoms with E-state index in [2.05, 4.69) is 25.9 Å². The summed E-state index contributed by atoms with van der Waals surface area (Å²) in [5.74, 6) is -3.02. The third-order valence-corrected chi connectivity index (χ3v) is 10.9. The number of fused-ring (bicyclic) bond motifs is 3. The number of carbonyl (C=O) groups excluding carboxylic acids is 1. The van der Waals surface area contributed by atoms with Gasteiger partial charge in [0, 0.05) is 56.4 Å². The van der Waals surface area contributed by atoms with E-state index in [0.717, 1.165) is 25.5 Å². The van der Waals surface area contributed by atoms with Crippen LogP contribution < -0.4 is 19.3 Å². The molecule has 3 atom stereocenters. The summed E-state index contributed by atoms with van der Waals surface area (Å²) >= 11 is 1.18. The molecule has 1 unspecified atom stereocenters. The highest BCUT2D eigenvalue weighted by Crippen LogP contribution is 2.42. The van der Waals surface area contributed by atoms with E-state index in [1.807, 2.05) is 0 Å². The molecular weight excluding hydrogens is 703 g/mol. The van der Waals surface area contributed by atoms with Gasteiger partial charge in [-0.15, -0.1) is 11.3 Å². The Kier molecular flexibility index (Phi) is 9.04. The summed E-state index contributed by atoms with van der Waals surface area (Å²) in [6, 6.07) is 5.54. The van der Waals surface area contributed by atoms with Crippen molar-refractivity contribution in [1.82, 2.24) is 29.7 Å². The van der Waals surface area contributed by atoms with Crippen LogP contribution in [0.3, 0.4) is 0 Å². The summed E-state index contributed by atoms with van der Waals surface area (Å²) in [7, 11) is 0. The van der Waals surface area contributed by atoms with Crippen LogP contribution in [0, 0.1) is 23.0 Å². The van der Waals surface area contributed by atoms with Crippen molar-refractivity contribution in [3.8, 4) is 17.8 Å². The maximum Gasteiger partial charge on any atom is 0.319 e. The lowest BCUT2D eigenvalue weighted by atomic mass is 9.95. The molecular formula is C35H33F4N9O3S. The second-order valence-corrected chi connectivity index (χ2v) is 14.2. The maximum absolute atomic E-state index is 16.8. The number of pyridine rings is 1. The fraction of sp³-hybridized carbons (Fsp3) is 0.429. The molecule has 270 valence electrons.